The number of hydrogen-bond donors (Lipinski definition) is 2. The van der Waals surface area contributed by atoms with Gasteiger partial charge in [-0.05, 0) is 49.4 Å². The lowest BCUT2D eigenvalue weighted by Crippen LogP contribution is -2.16. The Morgan fingerprint density at radius 3 is 2.10 bits per heavy atom. The lowest BCUT2D eigenvalue weighted by atomic mass is 9.91. The summed E-state index contributed by atoms with van der Waals surface area (Å²) in [6.07, 6.45) is -10.7. The van der Waals surface area contributed by atoms with E-state index in [-0.39, 0.29) is 39.8 Å². The van der Waals surface area contributed by atoms with Crippen molar-refractivity contribution in [2.24, 2.45) is 0 Å². The van der Waals surface area contributed by atoms with Crippen LogP contribution in [0.25, 0.3) is 22.5 Å². The number of benzene rings is 3. The summed E-state index contributed by atoms with van der Waals surface area (Å²) < 4.78 is 117. The number of hydrogen-bond acceptors (Lipinski definition) is 3. The Bertz CT molecular complexity index is 1590. The quantitative estimate of drug-likeness (QED) is 0.209. The van der Waals surface area contributed by atoms with E-state index in [1.807, 2.05) is 0 Å². The van der Waals surface area contributed by atoms with E-state index < -0.39 is 52.9 Å². The first kappa shape index (κ1) is 30.5. The monoisotopic (exact) mass is 597 g/mol. The molecule has 0 aliphatic rings. The minimum absolute atomic E-state index is 0.0362. The summed E-state index contributed by atoms with van der Waals surface area (Å²) in [6, 6.07) is 10.4. The highest BCUT2D eigenvalue weighted by atomic mass is 19.4. The van der Waals surface area contributed by atoms with E-state index in [1.165, 1.54) is 44.2 Å². The zero-order chi connectivity index (χ0) is 31.0. The SMILES string of the molecule is CCC(F)(F)c1cccc(NC(=O)c2nc(-c3ccc(OC)c(-c4c(C(F)(F)F)cccc4C(F)(F)F)c3)[nH]c2C)c1. The molecule has 42 heavy (non-hydrogen) atoms. The van der Waals surface area contributed by atoms with Crippen LogP contribution in [0.5, 0.6) is 5.75 Å². The van der Waals surface area contributed by atoms with Crippen LogP contribution in [0.4, 0.5) is 40.8 Å². The maximum Gasteiger partial charge on any atom is 0.417 e. The van der Waals surface area contributed by atoms with Gasteiger partial charge in [0.25, 0.3) is 11.8 Å². The van der Waals surface area contributed by atoms with Gasteiger partial charge in [0.15, 0.2) is 0 Å². The highest BCUT2D eigenvalue weighted by Crippen LogP contribution is 2.47. The number of H-pyrrole nitrogens is 1. The number of ether oxygens (including phenoxy) is 1. The van der Waals surface area contributed by atoms with Crippen molar-refractivity contribution in [2.45, 2.75) is 38.5 Å². The predicted octanol–water partition coefficient (Wildman–Crippen LogP) is 8.85. The lowest BCUT2D eigenvalue weighted by molar-refractivity contribution is -0.142. The Balaban J connectivity index is 1.77. The van der Waals surface area contributed by atoms with E-state index in [9.17, 15) is 39.9 Å². The normalized spacial score (nSPS) is 12.4. The minimum Gasteiger partial charge on any atom is -0.496 e. The van der Waals surface area contributed by atoms with Gasteiger partial charge >= 0.3 is 12.4 Å². The summed E-state index contributed by atoms with van der Waals surface area (Å²) in [5, 5.41) is 2.48. The molecule has 0 saturated heterocycles. The topological polar surface area (TPSA) is 67.0 Å². The molecule has 0 aliphatic carbocycles. The molecule has 0 aliphatic heterocycles. The molecule has 3 aromatic carbocycles. The molecule has 0 saturated carbocycles. The second-order valence-electron chi connectivity index (χ2n) is 9.29. The van der Waals surface area contributed by atoms with Crippen molar-refractivity contribution in [1.29, 1.82) is 0 Å². The number of carbonyl (C=O) groups is 1. The van der Waals surface area contributed by atoms with E-state index in [1.54, 1.807) is 0 Å². The highest BCUT2D eigenvalue weighted by molar-refractivity contribution is 6.04. The molecule has 0 radical (unpaired) electrons. The van der Waals surface area contributed by atoms with Gasteiger partial charge in [-0.15, -0.1) is 0 Å². The summed E-state index contributed by atoms with van der Waals surface area (Å²) in [7, 11) is 1.10. The summed E-state index contributed by atoms with van der Waals surface area (Å²) in [6.45, 7) is 2.79. The number of nitrogens with zero attached hydrogens (tertiary/aromatic N) is 1. The Morgan fingerprint density at radius 2 is 1.52 bits per heavy atom. The minimum atomic E-state index is -5.12. The number of amides is 1. The highest BCUT2D eigenvalue weighted by Gasteiger charge is 2.41. The molecule has 4 rings (SSSR count). The van der Waals surface area contributed by atoms with Gasteiger partial charge in [-0.25, -0.2) is 13.8 Å². The van der Waals surface area contributed by atoms with Crippen LogP contribution in [0.2, 0.25) is 0 Å². The van der Waals surface area contributed by atoms with Crippen LogP contribution in [-0.4, -0.2) is 23.0 Å². The smallest absolute Gasteiger partial charge is 0.417 e. The number of aryl methyl sites for hydroxylation is 1. The Morgan fingerprint density at radius 1 is 0.905 bits per heavy atom. The van der Waals surface area contributed by atoms with Crippen LogP contribution in [0.3, 0.4) is 0 Å². The first-order valence-corrected chi connectivity index (χ1v) is 12.4. The molecular formula is C29H23F8N3O2. The fourth-order valence-corrected chi connectivity index (χ4v) is 4.40. The predicted molar refractivity (Wildman–Crippen MR) is 139 cm³/mol. The average molecular weight is 598 g/mol. The molecule has 5 nitrogen and oxygen atoms in total. The number of methoxy groups -OCH3 is 1. The molecule has 0 spiro atoms. The van der Waals surface area contributed by atoms with Crippen molar-refractivity contribution < 1.29 is 44.7 Å². The second kappa shape index (κ2) is 11.1. The third-order valence-electron chi connectivity index (χ3n) is 6.50. The molecule has 1 aromatic heterocycles. The molecule has 0 fully saturated rings. The van der Waals surface area contributed by atoms with Crippen molar-refractivity contribution in [3.63, 3.8) is 0 Å². The van der Waals surface area contributed by atoms with Gasteiger partial charge in [-0.1, -0.05) is 25.1 Å². The number of rotatable bonds is 7. The van der Waals surface area contributed by atoms with E-state index in [2.05, 4.69) is 15.3 Å². The van der Waals surface area contributed by atoms with Crippen LogP contribution in [0.1, 0.15) is 46.2 Å². The van der Waals surface area contributed by atoms with E-state index in [4.69, 9.17) is 4.74 Å². The van der Waals surface area contributed by atoms with Gasteiger partial charge in [0.1, 0.15) is 17.3 Å². The number of aromatic amines is 1. The number of nitrogens with one attached hydrogen (secondary N) is 2. The first-order chi connectivity index (χ1) is 19.6. The van der Waals surface area contributed by atoms with Crippen LogP contribution in [-0.2, 0) is 18.3 Å². The van der Waals surface area contributed by atoms with Crippen LogP contribution in [0, 0.1) is 6.92 Å². The Labute approximate surface area is 234 Å². The van der Waals surface area contributed by atoms with Crippen molar-refractivity contribution in [1.82, 2.24) is 9.97 Å². The molecule has 1 heterocycles. The molecule has 222 valence electrons. The van der Waals surface area contributed by atoms with Crippen molar-refractivity contribution in [3.8, 4) is 28.3 Å². The van der Waals surface area contributed by atoms with Gasteiger partial charge in [0.05, 0.1) is 18.2 Å². The molecule has 2 N–H and O–H groups in total. The van der Waals surface area contributed by atoms with Gasteiger partial charge in [0.2, 0.25) is 0 Å². The van der Waals surface area contributed by atoms with E-state index in [0.717, 1.165) is 19.2 Å². The maximum absolute atomic E-state index is 14.1. The molecular weight excluding hydrogens is 574 g/mol. The first-order valence-electron chi connectivity index (χ1n) is 12.4. The van der Waals surface area contributed by atoms with E-state index >= 15 is 0 Å². The molecule has 4 aromatic rings. The molecule has 0 bridgehead atoms. The third kappa shape index (κ3) is 6.09. The fraction of sp³-hybridized carbons (Fsp3) is 0.241. The fourth-order valence-electron chi connectivity index (χ4n) is 4.40. The largest absolute Gasteiger partial charge is 0.496 e. The third-order valence-corrected chi connectivity index (χ3v) is 6.50. The van der Waals surface area contributed by atoms with Crippen LogP contribution < -0.4 is 10.1 Å². The van der Waals surface area contributed by atoms with Crippen molar-refractivity contribution in [3.05, 3.63) is 88.7 Å². The molecule has 0 unspecified atom stereocenters. The summed E-state index contributed by atoms with van der Waals surface area (Å²) in [5.74, 6) is -4.18. The van der Waals surface area contributed by atoms with E-state index in [0.29, 0.717) is 18.2 Å². The molecule has 1 amide bonds. The summed E-state index contributed by atoms with van der Waals surface area (Å²) >= 11 is 0. The van der Waals surface area contributed by atoms with Gasteiger partial charge in [0, 0.05) is 40.1 Å². The van der Waals surface area contributed by atoms with Gasteiger partial charge in [-0.3, -0.25) is 4.79 Å². The van der Waals surface area contributed by atoms with Crippen LogP contribution >= 0.6 is 0 Å². The number of aromatic nitrogens is 2. The number of carbonyl (C=O) groups excluding carboxylic acids is 1. The van der Waals surface area contributed by atoms with Crippen LogP contribution in [0.15, 0.2) is 60.7 Å². The molecule has 0 atom stereocenters. The number of anilines is 1. The maximum atomic E-state index is 14.1. The van der Waals surface area contributed by atoms with Gasteiger partial charge < -0.3 is 15.0 Å². The van der Waals surface area contributed by atoms with Crippen molar-refractivity contribution in [2.75, 3.05) is 12.4 Å². The lowest BCUT2D eigenvalue weighted by Gasteiger charge is -2.21. The second-order valence-corrected chi connectivity index (χ2v) is 9.29. The average Bonchev–Trinajstić information content (AvgIpc) is 3.33. The zero-order valence-electron chi connectivity index (χ0n) is 22.3. The summed E-state index contributed by atoms with van der Waals surface area (Å²) in [5.41, 5.74) is -4.77. The number of halogens is 8. The van der Waals surface area contributed by atoms with Gasteiger partial charge in [-0.2, -0.15) is 26.3 Å². The molecule has 13 heteroatoms. The number of imidazole rings is 1. The van der Waals surface area contributed by atoms with Crippen molar-refractivity contribution >= 4 is 11.6 Å². The summed E-state index contributed by atoms with van der Waals surface area (Å²) in [4.78, 5) is 20.0. The number of alkyl halides is 8. The zero-order valence-corrected chi connectivity index (χ0v) is 22.3. The standard InChI is InChI=1S/C29H23F8N3O2/c1-4-27(30,31)17-7-5-8-18(14-17)39-26(41)24-15(2)38-25(40-24)16-11-12-22(42-3)19(13-16)23-20(28(32,33)34)9-6-10-21(23)29(35,36)37/h5-14H,4H2,1-3H3,(H,38,40)(H,39,41). The Kier molecular flexibility index (Phi) is 8.07. The Hall–Kier alpha value is -4.42.